The van der Waals surface area contributed by atoms with E-state index in [4.69, 9.17) is 9.11 Å². The molecule has 0 bridgehead atoms. The van der Waals surface area contributed by atoms with Crippen molar-refractivity contribution in [3.63, 3.8) is 0 Å². The Morgan fingerprint density at radius 2 is 0.846 bits per heavy atom. The van der Waals surface area contributed by atoms with Gasteiger partial charge < -0.3 is 0 Å². The highest BCUT2D eigenvalue weighted by atomic mass is 32.2. The van der Waals surface area contributed by atoms with Gasteiger partial charge in [0.25, 0.3) is 20.2 Å². The maximum Gasteiger partial charge on any atom is 0.287 e. The standard InChI is InChI=1S/C18H14O6S2/c19-25(20,21)11-9-17-13-5-1-2-6-14(13)18(10-12-26(22,23)24)16-8-4-3-7-15(16)17/h1-12H,(H,19,20,21)(H,22,23,24)/b11-9+,12-10+. The third-order valence-corrected chi connectivity index (χ3v) is 4.79. The number of fused-ring (bicyclic) bond motifs is 2. The molecule has 0 heterocycles. The van der Waals surface area contributed by atoms with Crippen molar-refractivity contribution in [3.8, 4) is 0 Å². The van der Waals surface area contributed by atoms with E-state index >= 15 is 0 Å². The molecule has 0 aliphatic rings. The van der Waals surface area contributed by atoms with Gasteiger partial charge in [0.15, 0.2) is 0 Å². The number of hydrogen-bond donors (Lipinski definition) is 2. The first-order valence-electron chi connectivity index (χ1n) is 7.40. The van der Waals surface area contributed by atoms with E-state index in [1.54, 1.807) is 48.5 Å². The van der Waals surface area contributed by atoms with Gasteiger partial charge in [0.05, 0.1) is 10.8 Å². The summed E-state index contributed by atoms with van der Waals surface area (Å²) in [6.45, 7) is 0. The monoisotopic (exact) mass is 390 g/mol. The van der Waals surface area contributed by atoms with Gasteiger partial charge >= 0.3 is 0 Å². The largest absolute Gasteiger partial charge is 0.287 e. The molecule has 0 fully saturated rings. The van der Waals surface area contributed by atoms with Crippen LogP contribution in [0.25, 0.3) is 33.7 Å². The summed E-state index contributed by atoms with van der Waals surface area (Å²) < 4.78 is 62.5. The van der Waals surface area contributed by atoms with Crippen LogP contribution in [0.3, 0.4) is 0 Å². The fourth-order valence-corrected chi connectivity index (χ4v) is 3.48. The Bertz CT molecular complexity index is 1110. The third kappa shape index (κ3) is 4.00. The molecule has 0 radical (unpaired) electrons. The van der Waals surface area contributed by atoms with Crippen LogP contribution < -0.4 is 0 Å². The normalized spacial score (nSPS) is 13.3. The van der Waals surface area contributed by atoms with E-state index in [9.17, 15) is 16.8 Å². The zero-order chi connectivity index (χ0) is 18.9. The van der Waals surface area contributed by atoms with Crippen LogP contribution in [-0.4, -0.2) is 25.9 Å². The van der Waals surface area contributed by atoms with Crippen molar-refractivity contribution < 1.29 is 25.9 Å². The molecule has 0 aliphatic heterocycles. The molecule has 3 aromatic carbocycles. The lowest BCUT2D eigenvalue weighted by Crippen LogP contribution is -1.93. The van der Waals surface area contributed by atoms with E-state index in [2.05, 4.69) is 0 Å². The Morgan fingerprint density at radius 3 is 1.08 bits per heavy atom. The van der Waals surface area contributed by atoms with Gasteiger partial charge in [-0.2, -0.15) is 16.8 Å². The summed E-state index contributed by atoms with van der Waals surface area (Å²) in [5.74, 6) is 0. The summed E-state index contributed by atoms with van der Waals surface area (Å²) >= 11 is 0. The second-order valence-electron chi connectivity index (χ2n) is 5.55. The first kappa shape index (κ1) is 18.3. The smallest absolute Gasteiger partial charge is 0.282 e. The average Bonchev–Trinajstić information content (AvgIpc) is 2.56. The highest BCUT2D eigenvalue weighted by Gasteiger charge is 2.12. The summed E-state index contributed by atoms with van der Waals surface area (Å²) in [7, 11) is -8.61. The van der Waals surface area contributed by atoms with Crippen LogP contribution in [0.15, 0.2) is 59.3 Å². The SMILES string of the molecule is O=S(=O)(O)/C=C/c1c2ccccc2c(/C=C/S(=O)(=O)O)c2ccccc12. The Kier molecular flexibility index (Phi) is 4.68. The molecule has 8 heteroatoms. The second kappa shape index (κ2) is 6.65. The van der Waals surface area contributed by atoms with Crippen molar-refractivity contribution in [2.45, 2.75) is 0 Å². The highest BCUT2D eigenvalue weighted by Crippen LogP contribution is 2.34. The number of rotatable bonds is 4. The number of benzene rings is 3. The molecule has 6 nitrogen and oxygen atoms in total. The van der Waals surface area contributed by atoms with Crippen molar-refractivity contribution >= 4 is 53.9 Å². The van der Waals surface area contributed by atoms with E-state index in [0.717, 1.165) is 0 Å². The van der Waals surface area contributed by atoms with E-state index in [0.29, 0.717) is 43.5 Å². The van der Waals surface area contributed by atoms with Gasteiger partial charge in [0.1, 0.15) is 0 Å². The topological polar surface area (TPSA) is 109 Å². The van der Waals surface area contributed by atoms with Gasteiger partial charge in [-0.3, -0.25) is 9.11 Å². The molecule has 0 amide bonds. The second-order valence-corrected chi connectivity index (χ2v) is 8.16. The van der Waals surface area contributed by atoms with E-state index in [1.807, 2.05) is 0 Å². The van der Waals surface area contributed by atoms with Gasteiger partial charge in [0, 0.05) is 0 Å². The lowest BCUT2D eigenvalue weighted by molar-refractivity contribution is 0.492. The fraction of sp³-hybridized carbons (Fsp3) is 0. The minimum atomic E-state index is -4.31. The molecular weight excluding hydrogens is 376 g/mol. The summed E-state index contributed by atoms with van der Waals surface area (Å²) in [5.41, 5.74) is 1.13. The van der Waals surface area contributed by atoms with Crippen LogP contribution in [0.2, 0.25) is 0 Å². The van der Waals surface area contributed by atoms with Crippen molar-refractivity contribution in [3.05, 3.63) is 70.5 Å². The van der Waals surface area contributed by atoms with E-state index in [-0.39, 0.29) is 0 Å². The molecule has 3 rings (SSSR count). The molecule has 0 spiro atoms. The molecule has 2 N–H and O–H groups in total. The van der Waals surface area contributed by atoms with Crippen LogP contribution in [0.5, 0.6) is 0 Å². The zero-order valence-corrected chi connectivity index (χ0v) is 14.9. The van der Waals surface area contributed by atoms with Gasteiger partial charge in [-0.1, -0.05) is 48.5 Å². The van der Waals surface area contributed by atoms with Gasteiger partial charge in [-0.15, -0.1) is 0 Å². The molecule has 0 atom stereocenters. The van der Waals surface area contributed by atoms with Gasteiger partial charge in [-0.25, -0.2) is 0 Å². The van der Waals surface area contributed by atoms with Gasteiger partial charge in [0.2, 0.25) is 0 Å². The average molecular weight is 390 g/mol. The third-order valence-electron chi connectivity index (χ3n) is 3.83. The maximum atomic E-state index is 11.1. The highest BCUT2D eigenvalue weighted by molar-refractivity contribution is 7.89. The molecule has 134 valence electrons. The molecule has 0 unspecified atom stereocenters. The predicted molar refractivity (Wildman–Crippen MR) is 103 cm³/mol. The van der Waals surface area contributed by atoms with Gasteiger partial charge in [-0.05, 0) is 44.8 Å². The summed E-state index contributed by atoms with van der Waals surface area (Å²) in [4.78, 5) is 0. The molecule has 0 aliphatic carbocycles. The first-order valence-corrected chi connectivity index (χ1v) is 10.4. The van der Waals surface area contributed by atoms with E-state index < -0.39 is 20.2 Å². The lowest BCUT2D eigenvalue weighted by atomic mass is 9.92. The molecule has 0 saturated carbocycles. The van der Waals surface area contributed by atoms with Crippen LogP contribution in [0, 0.1) is 0 Å². The van der Waals surface area contributed by atoms with Crippen molar-refractivity contribution in [1.29, 1.82) is 0 Å². The van der Waals surface area contributed by atoms with Crippen molar-refractivity contribution in [2.24, 2.45) is 0 Å². The summed E-state index contributed by atoms with van der Waals surface area (Å²) in [6, 6.07) is 14.1. The maximum absolute atomic E-state index is 11.1. The quantitative estimate of drug-likeness (QED) is 0.519. The summed E-state index contributed by atoms with van der Waals surface area (Å²) in [6.07, 6.45) is 2.60. The molecule has 0 aromatic heterocycles. The van der Waals surface area contributed by atoms with Crippen LogP contribution in [0.4, 0.5) is 0 Å². The Morgan fingerprint density at radius 1 is 0.577 bits per heavy atom. The first-order chi connectivity index (χ1) is 12.2. The Hall–Kier alpha value is -2.52. The van der Waals surface area contributed by atoms with Crippen LogP contribution in [-0.2, 0) is 20.2 Å². The minimum absolute atomic E-state index is 0.567. The fourth-order valence-electron chi connectivity index (χ4n) is 2.86. The summed E-state index contributed by atoms with van der Waals surface area (Å²) in [5, 5.41) is 4.08. The lowest BCUT2D eigenvalue weighted by Gasteiger charge is -2.12. The van der Waals surface area contributed by atoms with Crippen molar-refractivity contribution in [1.82, 2.24) is 0 Å². The molecule has 0 saturated heterocycles. The van der Waals surface area contributed by atoms with Crippen molar-refractivity contribution in [2.75, 3.05) is 0 Å². The molecule has 26 heavy (non-hydrogen) atoms. The molecular formula is C18H14O6S2. The van der Waals surface area contributed by atoms with Crippen LogP contribution >= 0.6 is 0 Å². The Balaban J connectivity index is 2.47. The predicted octanol–water partition coefficient (Wildman–Crippen LogP) is 3.71. The minimum Gasteiger partial charge on any atom is -0.282 e. The Labute approximate surface area is 150 Å². The van der Waals surface area contributed by atoms with E-state index in [1.165, 1.54) is 12.2 Å². The van der Waals surface area contributed by atoms with Crippen LogP contribution in [0.1, 0.15) is 11.1 Å². The zero-order valence-electron chi connectivity index (χ0n) is 13.3. The molecule has 3 aromatic rings. The number of hydrogen-bond acceptors (Lipinski definition) is 4.